The van der Waals surface area contributed by atoms with Crippen LogP contribution in [-0.2, 0) is 6.54 Å². The van der Waals surface area contributed by atoms with Gasteiger partial charge in [-0.25, -0.2) is 9.97 Å². The molecule has 156 valence electrons. The van der Waals surface area contributed by atoms with E-state index in [9.17, 15) is 4.79 Å². The van der Waals surface area contributed by atoms with Crippen molar-refractivity contribution in [3.05, 3.63) is 42.5 Å². The molecular formula is C22H27N7O. The molecule has 1 amide bonds. The van der Waals surface area contributed by atoms with Crippen molar-refractivity contribution in [1.29, 1.82) is 0 Å². The number of nitrogens with zero attached hydrogens (tertiary/aromatic N) is 5. The number of fused-ring (bicyclic) bond motifs is 2. The number of anilines is 1. The quantitative estimate of drug-likeness (QED) is 0.493. The standard InChI is InChI=1S/C22H27N7O/c1-5-29-13-26-16-7-6-14(10-17(16)29)15-11-18(28(4)9-8-27(2)3)19(22(23)30)21-20(15)24-12-25-21/h6-7,10-13H,5,8-9H2,1-4H3,(H2,23,30)(H,24,25). The molecule has 0 atom stereocenters. The van der Waals surface area contributed by atoms with Crippen LogP contribution in [0.15, 0.2) is 36.9 Å². The normalized spacial score (nSPS) is 11.6. The Morgan fingerprint density at radius 2 is 1.97 bits per heavy atom. The zero-order valence-corrected chi connectivity index (χ0v) is 17.8. The molecular weight excluding hydrogens is 378 g/mol. The predicted molar refractivity (Wildman–Crippen MR) is 121 cm³/mol. The van der Waals surface area contributed by atoms with Crippen LogP contribution in [0.2, 0.25) is 0 Å². The summed E-state index contributed by atoms with van der Waals surface area (Å²) >= 11 is 0. The molecule has 2 aromatic heterocycles. The molecule has 0 fully saturated rings. The minimum atomic E-state index is -0.470. The van der Waals surface area contributed by atoms with Crippen molar-refractivity contribution >= 4 is 33.7 Å². The van der Waals surface area contributed by atoms with Gasteiger partial charge in [-0.05, 0) is 44.8 Å². The number of likely N-dealkylation sites (N-methyl/N-ethyl adjacent to an activating group) is 2. The van der Waals surface area contributed by atoms with Crippen LogP contribution in [0.3, 0.4) is 0 Å². The Morgan fingerprint density at radius 3 is 2.67 bits per heavy atom. The highest BCUT2D eigenvalue weighted by molar-refractivity contribution is 6.13. The lowest BCUT2D eigenvalue weighted by molar-refractivity contribution is 0.100. The smallest absolute Gasteiger partial charge is 0.253 e. The molecule has 0 aliphatic rings. The molecule has 0 bridgehead atoms. The van der Waals surface area contributed by atoms with Gasteiger partial charge in [-0.15, -0.1) is 0 Å². The predicted octanol–water partition coefficient (Wildman–Crippen LogP) is 2.70. The maximum Gasteiger partial charge on any atom is 0.253 e. The molecule has 8 heteroatoms. The monoisotopic (exact) mass is 405 g/mol. The zero-order chi connectivity index (χ0) is 21.4. The minimum Gasteiger partial charge on any atom is -0.373 e. The van der Waals surface area contributed by atoms with Crippen LogP contribution < -0.4 is 10.6 Å². The molecule has 8 nitrogen and oxygen atoms in total. The van der Waals surface area contributed by atoms with E-state index in [-0.39, 0.29) is 0 Å². The first-order chi connectivity index (χ1) is 14.4. The number of imidazole rings is 2. The third kappa shape index (κ3) is 3.39. The number of primary amides is 1. The van der Waals surface area contributed by atoms with Crippen molar-refractivity contribution < 1.29 is 4.79 Å². The number of hydrogen-bond donors (Lipinski definition) is 2. The van der Waals surface area contributed by atoms with Crippen LogP contribution in [0.25, 0.3) is 33.2 Å². The molecule has 0 aliphatic heterocycles. The topological polar surface area (TPSA) is 96.1 Å². The maximum absolute atomic E-state index is 12.4. The Morgan fingerprint density at radius 1 is 1.17 bits per heavy atom. The SMILES string of the molecule is CCn1cnc2ccc(-c3cc(N(C)CCN(C)C)c(C(N)=O)c4[nH]cnc34)cc21. The third-order valence-corrected chi connectivity index (χ3v) is 5.49. The number of aromatic nitrogens is 4. The minimum absolute atomic E-state index is 0.465. The Bertz CT molecular complexity index is 1220. The van der Waals surface area contributed by atoms with E-state index in [1.807, 2.05) is 45.7 Å². The number of aromatic amines is 1. The summed E-state index contributed by atoms with van der Waals surface area (Å²) in [5.41, 5.74) is 12.4. The highest BCUT2D eigenvalue weighted by Crippen LogP contribution is 2.36. The molecule has 2 heterocycles. The molecule has 0 unspecified atom stereocenters. The molecule has 2 aromatic carbocycles. The van der Waals surface area contributed by atoms with E-state index in [0.717, 1.165) is 53.0 Å². The maximum atomic E-state index is 12.4. The molecule has 30 heavy (non-hydrogen) atoms. The first-order valence-corrected chi connectivity index (χ1v) is 10.0. The van der Waals surface area contributed by atoms with Gasteiger partial charge in [-0.2, -0.15) is 0 Å². The van der Waals surface area contributed by atoms with E-state index in [1.165, 1.54) is 0 Å². The van der Waals surface area contributed by atoms with Gasteiger partial charge >= 0.3 is 0 Å². The number of rotatable bonds is 7. The lowest BCUT2D eigenvalue weighted by Gasteiger charge is -2.24. The Balaban J connectivity index is 1.93. The summed E-state index contributed by atoms with van der Waals surface area (Å²) in [5, 5.41) is 0. The summed E-state index contributed by atoms with van der Waals surface area (Å²) in [6.45, 7) is 4.55. The molecule has 0 saturated heterocycles. The van der Waals surface area contributed by atoms with E-state index < -0.39 is 5.91 Å². The largest absolute Gasteiger partial charge is 0.373 e. The molecule has 0 aliphatic carbocycles. The van der Waals surface area contributed by atoms with Crippen molar-refractivity contribution in [1.82, 2.24) is 24.4 Å². The van der Waals surface area contributed by atoms with Gasteiger partial charge in [-0.3, -0.25) is 4.79 Å². The highest BCUT2D eigenvalue weighted by Gasteiger charge is 2.21. The number of benzene rings is 2. The molecule has 4 aromatic rings. The second kappa shape index (κ2) is 7.79. The van der Waals surface area contributed by atoms with Crippen LogP contribution in [0.1, 0.15) is 17.3 Å². The number of hydrogen-bond acceptors (Lipinski definition) is 5. The number of amides is 1. The average molecular weight is 406 g/mol. The summed E-state index contributed by atoms with van der Waals surface area (Å²) in [7, 11) is 6.03. The van der Waals surface area contributed by atoms with Crippen LogP contribution in [0, 0.1) is 0 Å². The van der Waals surface area contributed by atoms with E-state index in [1.54, 1.807) is 6.33 Å². The van der Waals surface area contributed by atoms with Crippen molar-refractivity contribution in [2.45, 2.75) is 13.5 Å². The first kappa shape index (κ1) is 19.9. The lowest BCUT2D eigenvalue weighted by atomic mass is 9.98. The number of carbonyl (C=O) groups is 1. The van der Waals surface area contributed by atoms with Crippen molar-refractivity contribution in [2.75, 3.05) is 39.1 Å². The molecule has 0 saturated carbocycles. The van der Waals surface area contributed by atoms with E-state index in [2.05, 4.69) is 42.3 Å². The van der Waals surface area contributed by atoms with Crippen molar-refractivity contribution in [2.24, 2.45) is 5.73 Å². The summed E-state index contributed by atoms with van der Waals surface area (Å²) in [5.74, 6) is -0.470. The third-order valence-electron chi connectivity index (χ3n) is 5.49. The number of aryl methyl sites for hydroxylation is 1. The molecule has 3 N–H and O–H groups in total. The fraction of sp³-hybridized carbons (Fsp3) is 0.318. The Hall–Kier alpha value is -3.39. The number of nitrogens with one attached hydrogen (secondary N) is 1. The van der Waals surface area contributed by atoms with Crippen molar-refractivity contribution in [3.63, 3.8) is 0 Å². The van der Waals surface area contributed by atoms with Gasteiger partial charge in [-0.1, -0.05) is 6.07 Å². The van der Waals surface area contributed by atoms with Crippen LogP contribution >= 0.6 is 0 Å². The van der Waals surface area contributed by atoms with Crippen LogP contribution in [0.4, 0.5) is 5.69 Å². The van der Waals surface area contributed by atoms with E-state index in [0.29, 0.717) is 11.1 Å². The summed E-state index contributed by atoms with van der Waals surface area (Å²) in [6.07, 6.45) is 3.47. The molecule has 0 spiro atoms. The fourth-order valence-corrected chi connectivity index (χ4v) is 3.81. The van der Waals surface area contributed by atoms with Gasteiger partial charge in [0.2, 0.25) is 0 Å². The zero-order valence-electron chi connectivity index (χ0n) is 17.8. The Labute approximate surface area is 175 Å². The van der Waals surface area contributed by atoms with E-state index in [4.69, 9.17) is 5.73 Å². The second-order valence-electron chi connectivity index (χ2n) is 7.77. The molecule has 0 radical (unpaired) electrons. The lowest BCUT2D eigenvalue weighted by Crippen LogP contribution is -2.30. The average Bonchev–Trinajstić information content (AvgIpc) is 3.36. The summed E-state index contributed by atoms with van der Waals surface area (Å²) in [6, 6.07) is 8.22. The van der Waals surface area contributed by atoms with Crippen LogP contribution in [-0.4, -0.2) is 64.6 Å². The highest BCUT2D eigenvalue weighted by atomic mass is 16.1. The summed E-state index contributed by atoms with van der Waals surface area (Å²) < 4.78 is 2.11. The summed E-state index contributed by atoms with van der Waals surface area (Å²) in [4.78, 5) is 28.7. The van der Waals surface area contributed by atoms with Crippen molar-refractivity contribution in [3.8, 4) is 11.1 Å². The van der Waals surface area contributed by atoms with Gasteiger partial charge < -0.3 is 25.1 Å². The Kier molecular flexibility index (Phi) is 5.17. The van der Waals surface area contributed by atoms with Gasteiger partial charge in [0.05, 0.1) is 46.0 Å². The van der Waals surface area contributed by atoms with E-state index >= 15 is 0 Å². The van der Waals surface area contributed by atoms with Gasteiger partial charge in [0, 0.05) is 32.2 Å². The number of nitrogens with two attached hydrogens (primary N) is 1. The van der Waals surface area contributed by atoms with Gasteiger partial charge in [0.25, 0.3) is 5.91 Å². The molecule has 4 rings (SSSR count). The second-order valence-corrected chi connectivity index (χ2v) is 7.77. The van der Waals surface area contributed by atoms with Crippen LogP contribution in [0.5, 0.6) is 0 Å². The van der Waals surface area contributed by atoms with Gasteiger partial charge in [0.1, 0.15) is 0 Å². The fourth-order valence-electron chi connectivity index (χ4n) is 3.81. The van der Waals surface area contributed by atoms with Gasteiger partial charge in [0.15, 0.2) is 0 Å². The number of H-pyrrole nitrogens is 1. The first-order valence-electron chi connectivity index (χ1n) is 10.0. The number of carbonyl (C=O) groups excluding carboxylic acids is 1.